The van der Waals surface area contributed by atoms with Crippen LogP contribution in [0, 0.1) is 5.92 Å². The van der Waals surface area contributed by atoms with Gasteiger partial charge in [0.1, 0.15) is 11.6 Å². The zero-order valence-electron chi connectivity index (χ0n) is 11.7. The first-order valence-electron chi connectivity index (χ1n) is 7.05. The first-order chi connectivity index (χ1) is 8.57. The molecule has 0 saturated heterocycles. The molecule has 1 saturated carbocycles. The van der Waals surface area contributed by atoms with Crippen molar-refractivity contribution in [2.24, 2.45) is 5.92 Å². The van der Waals surface area contributed by atoms with Crippen LogP contribution in [0.1, 0.15) is 64.5 Å². The summed E-state index contributed by atoms with van der Waals surface area (Å²) in [5, 5.41) is 8.75. The fraction of sp³-hybridized carbons (Fsp3) is 0.857. The zero-order chi connectivity index (χ0) is 13.2. The summed E-state index contributed by atoms with van der Waals surface area (Å²) in [6, 6.07) is 0. The van der Waals surface area contributed by atoms with Crippen LogP contribution in [0.5, 0.6) is 0 Å². The third-order valence-electron chi connectivity index (χ3n) is 3.99. The Labute approximate surface area is 115 Å². The molecule has 1 aliphatic carbocycles. The van der Waals surface area contributed by atoms with Crippen molar-refractivity contribution in [3.8, 4) is 0 Å². The molecule has 102 valence electrons. The monoisotopic (exact) mass is 269 g/mol. The maximum atomic E-state index is 5.99. The average Bonchev–Trinajstić information content (AvgIpc) is 2.72. The number of nitrogens with zero attached hydrogens (tertiary/aromatic N) is 3. The summed E-state index contributed by atoms with van der Waals surface area (Å²) in [4.78, 5) is 0. The lowest BCUT2D eigenvalue weighted by molar-refractivity contribution is 0.288. The van der Waals surface area contributed by atoms with Crippen LogP contribution in [0.4, 0.5) is 0 Å². The highest BCUT2D eigenvalue weighted by Crippen LogP contribution is 2.38. The number of alkyl halides is 1. The van der Waals surface area contributed by atoms with E-state index in [1.165, 1.54) is 32.1 Å². The standard InChI is InChI=1S/C14H24ClN3/c1-11(2)10-18-12(9-15)16-17-13(18)14(3)7-5-4-6-8-14/h11H,4-10H2,1-3H3. The summed E-state index contributed by atoms with van der Waals surface area (Å²) in [5.74, 6) is 3.13. The number of halogens is 1. The topological polar surface area (TPSA) is 30.7 Å². The number of rotatable bonds is 4. The number of hydrogen-bond acceptors (Lipinski definition) is 2. The van der Waals surface area contributed by atoms with Crippen molar-refractivity contribution in [1.82, 2.24) is 14.8 Å². The molecule has 1 aromatic rings. The SMILES string of the molecule is CC(C)Cn1c(CCl)nnc1C1(C)CCCCC1. The first kappa shape index (κ1) is 13.9. The van der Waals surface area contributed by atoms with Gasteiger partial charge in [0.2, 0.25) is 0 Å². The van der Waals surface area contributed by atoms with Gasteiger partial charge < -0.3 is 4.57 Å². The molecule has 0 unspecified atom stereocenters. The van der Waals surface area contributed by atoms with Crippen LogP contribution in [-0.4, -0.2) is 14.8 Å². The lowest BCUT2D eigenvalue weighted by Gasteiger charge is -2.33. The molecule has 0 aromatic carbocycles. The normalized spacial score (nSPS) is 19.4. The fourth-order valence-electron chi connectivity index (χ4n) is 2.99. The highest BCUT2D eigenvalue weighted by Gasteiger charge is 2.34. The summed E-state index contributed by atoms with van der Waals surface area (Å²) >= 11 is 5.99. The van der Waals surface area contributed by atoms with Gasteiger partial charge in [-0.2, -0.15) is 0 Å². The molecule has 0 radical (unpaired) electrons. The van der Waals surface area contributed by atoms with Gasteiger partial charge >= 0.3 is 0 Å². The molecule has 1 heterocycles. The first-order valence-corrected chi connectivity index (χ1v) is 7.59. The molecule has 1 aromatic heterocycles. The van der Waals surface area contributed by atoms with Gasteiger partial charge in [-0.25, -0.2) is 0 Å². The van der Waals surface area contributed by atoms with Crippen molar-refractivity contribution in [3.05, 3.63) is 11.6 Å². The summed E-state index contributed by atoms with van der Waals surface area (Å²) in [6.45, 7) is 7.76. The van der Waals surface area contributed by atoms with Gasteiger partial charge in [0, 0.05) is 12.0 Å². The predicted molar refractivity (Wildman–Crippen MR) is 74.9 cm³/mol. The van der Waals surface area contributed by atoms with Crippen LogP contribution >= 0.6 is 11.6 Å². The Morgan fingerprint density at radius 3 is 2.44 bits per heavy atom. The van der Waals surface area contributed by atoms with E-state index >= 15 is 0 Å². The smallest absolute Gasteiger partial charge is 0.147 e. The van der Waals surface area contributed by atoms with E-state index in [2.05, 4.69) is 35.5 Å². The van der Waals surface area contributed by atoms with E-state index in [4.69, 9.17) is 11.6 Å². The highest BCUT2D eigenvalue weighted by atomic mass is 35.5. The van der Waals surface area contributed by atoms with Gasteiger partial charge in [-0.3, -0.25) is 0 Å². The van der Waals surface area contributed by atoms with E-state index in [9.17, 15) is 0 Å². The highest BCUT2D eigenvalue weighted by molar-refractivity contribution is 6.16. The van der Waals surface area contributed by atoms with Crippen molar-refractivity contribution in [2.75, 3.05) is 0 Å². The maximum Gasteiger partial charge on any atom is 0.147 e. The van der Waals surface area contributed by atoms with Crippen molar-refractivity contribution >= 4 is 11.6 Å². The van der Waals surface area contributed by atoms with E-state index < -0.39 is 0 Å². The fourth-order valence-corrected chi connectivity index (χ4v) is 3.19. The van der Waals surface area contributed by atoms with E-state index in [0.717, 1.165) is 18.2 Å². The van der Waals surface area contributed by atoms with E-state index in [0.29, 0.717) is 11.8 Å². The van der Waals surface area contributed by atoms with E-state index in [1.807, 2.05) is 0 Å². The van der Waals surface area contributed by atoms with Crippen molar-refractivity contribution in [1.29, 1.82) is 0 Å². The number of hydrogen-bond donors (Lipinski definition) is 0. The second kappa shape index (κ2) is 5.60. The molecule has 2 rings (SSSR count). The minimum atomic E-state index is 0.199. The van der Waals surface area contributed by atoms with Gasteiger partial charge in [-0.1, -0.05) is 40.0 Å². The maximum absolute atomic E-state index is 5.99. The summed E-state index contributed by atoms with van der Waals surface area (Å²) < 4.78 is 2.27. The molecule has 1 aliphatic rings. The molecule has 1 fully saturated rings. The second-order valence-electron chi connectivity index (χ2n) is 6.20. The second-order valence-corrected chi connectivity index (χ2v) is 6.47. The molecule has 4 heteroatoms. The third kappa shape index (κ3) is 2.71. The minimum Gasteiger partial charge on any atom is -0.313 e. The van der Waals surface area contributed by atoms with Crippen molar-refractivity contribution in [2.45, 2.75) is 70.7 Å². The third-order valence-corrected chi connectivity index (χ3v) is 4.23. The van der Waals surface area contributed by atoms with E-state index in [-0.39, 0.29) is 5.41 Å². The molecule has 0 atom stereocenters. The lowest BCUT2D eigenvalue weighted by Crippen LogP contribution is -2.30. The summed E-state index contributed by atoms with van der Waals surface area (Å²) in [5.41, 5.74) is 0.199. The van der Waals surface area contributed by atoms with Crippen LogP contribution in [0.15, 0.2) is 0 Å². The zero-order valence-corrected chi connectivity index (χ0v) is 12.5. The molecule has 18 heavy (non-hydrogen) atoms. The number of aromatic nitrogens is 3. The van der Waals surface area contributed by atoms with Crippen LogP contribution in [-0.2, 0) is 17.8 Å². The Kier molecular flexibility index (Phi) is 4.31. The summed E-state index contributed by atoms with van der Waals surface area (Å²) in [6.07, 6.45) is 6.43. The van der Waals surface area contributed by atoms with E-state index in [1.54, 1.807) is 0 Å². The lowest BCUT2D eigenvalue weighted by atomic mass is 9.75. The van der Waals surface area contributed by atoms with Gasteiger partial charge in [0.25, 0.3) is 0 Å². The van der Waals surface area contributed by atoms with Gasteiger partial charge in [0.05, 0.1) is 5.88 Å². The Hall–Kier alpha value is -0.570. The Bertz CT molecular complexity index is 392. The van der Waals surface area contributed by atoms with Gasteiger partial charge in [-0.15, -0.1) is 21.8 Å². The Balaban J connectivity index is 2.33. The molecular formula is C14H24ClN3. The largest absolute Gasteiger partial charge is 0.313 e. The minimum absolute atomic E-state index is 0.199. The van der Waals surface area contributed by atoms with Crippen molar-refractivity contribution < 1.29 is 0 Å². The molecule has 0 amide bonds. The molecule has 0 spiro atoms. The molecule has 3 nitrogen and oxygen atoms in total. The quantitative estimate of drug-likeness (QED) is 0.777. The van der Waals surface area contributed by atoms with Gasteiger partial charge in [-0.05, 0) is 18.8 Å². The average molecular weight is 270 g/mol. The van der Waals surface area contributed by atoms with Crippen LogP contribution in [0.25, 0.3) is 0 Å². The summed E-state index contributed by atoms with van der Waals surface area (Å²) in [7, 11) is 0. The van der Waals surface area contributed by atoms with Crippen LogP contribution < -0.4 is 0 Å². The predicted octanol–water partition coefficient (Wildman–Crippen LogP) is 3.89. The molecule has 0 bridgehead atoms. The molecule has 0 N–H and O–H groups in total. The van der Waals surface area contributed by atoms with Crippen LogP contribution in [0.2, 0.25) is 0 Å². The van der Waals surface area contributed by atoms with Gasteiger partial charge in [0.15, 0.2) is 0 Å². The van der Waals surface area contributed by atoms with Crippen LogP contribution in [0.3, 0.4) is 0 Å². The Morgan fingerprint density at radius 2 is 1.89 bits per heavy atom. The Morgan fingerprint density at radius 1 is 1.22 bits per heavy atom. The van der Waals surface area contributed by atoms with Crippen molar-refractivity contribution in [3.63, 3.8) is 0 Å². The molecular weight excluding hydrogens is 246 g/mol. The molecule has 0 aliphatic heterocycles.